The third kappa shape index (κ3) is 4.43. The van der Waals surface area contributed by atoms with E-state index in [9.17, 15) is 5.11 Å². The lowest BCUT2D eigenvalue weighted by Crippen LogP contribution is -2.48. The maximum Gasteiger partial charge on any atom is 0.0558 e. The third-order valence-electron chi connectivity index (χ3n) is 4.41. The van der Waals surface area contributed by atoms with E-state index in [2.05, 4.69) is 31.4 Å². The zero-order valence-corrected chi connectivity index (χ0v) is 13.1. The Kier molecular flexibility index (Phi) is 7.66. The van der Waals surface area contributed by atoms with Gasteiger partial charge in [0.15, 0.2) is 0 Å². The molecule has 1 aliphatic rings. The molecule has 0 radical (unpaired) electrons. The smallest absolute Gasteiger partial charge is 0.0558 e. The van der Waals surface area contributed by atoms with E-state index in [0.717, 1.165) is 24.9 Å². The molecule has 0 aliphatic heterocycles. The molecule has 1 N–H and O–H groups in total. The molecule has 18 heavy (non-hydrogen) atoms. The van der Waals surface area contributed by atoms with Gasteiger partial charge in [-0.05, 0) is 36.9 Å². The maximum absolute atomic E-state index is 9.27. The molecular formula is C15H31NOS. The highest BCUT2D eigenvalue weighted by atomic mass is 32.1. The summed E-state index contributed by atoms with van der Waals surface area (Å²) in [5.41, 5.74) is 0.359. The summed E-state index contributed by atoms with van der Waals surface area (Å²) >= 11 is 4.64. The fraction of sp³-hybridized carbons (Fsp3) is 1.00. The van der Waals surface area contributed by atoms with Gasteiger partial charge in [-0.2, -0.15) is 12.6 Å². The summed E-state index contributed by atoms with van der Waals surface area (Å²) in [7, 11) is 0. The monoisotopic (exact) mass is 273 g/mol. The molecule has 0 unspecified atom stereocenters. The predicted molar refractivity (Wildman–Crippen MR) is 82.4 cm³/mol. The first-order valence-electron chi connectivity index (χ1n) is 7.67. The molecule has 0 bridgehead atoms. The highest BCUT2D eigenvalue weighted by Crippen LogP contribution is 2.35. The second-order valence-corrected chi connectivity index (χ2v) is 6.25. The van der Waals surface area contributed by atoms with E-state index in [1.54, 1.807) is 0 Å². The van der Waals surface area contributed by atoms with Crippen molar-refractivity contribution in [3.05, 3.63) is 0 Å². The van der Waals surface area contributed by atoms with Gasteiger partial charge < -0.3 is 5.11 Å². The highest BCUT2D eigenvalue weighted by molar-refractivity contribution is 7.80. The van der Waals surface area contributed by atoms with Crippen molar-refractivity contribution >= 4 is 12.6 Å². The van der Waals surface area contributed by atoms with Crippen LogP contribution in [0.2, 0.25) is 0 Å². The molecule has 0 atom stereocenters. The Bertz CT molecular complexity index is 213. The van der Waals surface area contributed by atoms with Crippen LogP contribution in [0.25, 0.3) is 0 Å². The van der Waals surface area contributed by atoms with Crippen molar-refractivity contribution in [2.45, 2.75) is 64.8 Å². The number of aliphatic hydroxyl groups excluding tert-OH is 1. The van der Waals surface area contributed by atoms with Crippen LogP contribution in [0.15, 0.2) is 0 Å². The van der Waals surface area contributed by atoms with Crippen molar-refractivity contribution in [3.8, 4) is 0 Å². The average Bonchev–Trinajstić information content (AvgIpc) is 2.27. The fourth-order valence-corrected chi connectivity index (χ4v) is 3.67. The van der Waals surface area contributed by atoms with Crippen LogP contribution in [0.4, 0.5) is 0 Å². The van der Waals surface area contributed by atoms with Crippen LogP contribution in [0.1, 0.15) is 58.8 Å². The van der Waals surface area contributed by atoms with Crippen LogP contribution in [0, 0.1) is 5.41 Å². The Morgan fingerprint density at radius 2 is 1.83 bits per heavy atom. The van der Waals surface area contributed by atoms with Gasteiger partial charge in [0.1, 0.15) is 0 Å². The molecule has 0 heterocycles. The minimum atomic E-state index is 0.289. The Hall–Kier alpha value is 0.270. The summed E-state index contributed by atoms with van der Waals surface area (Å²) in [4.78, 5) is 2.53. The van der Waals surface area contributed by atoms with Crippen LogP contribution in [0.3, 0.4) is 0 Å². The zero-order valence-electron chi connectivity index (χ0n) is 12.2. The number of rotatable bonds is 10. The lowest BCUT2D eigenvalue weighted by atomic mass is 9.79. The average molecular weight is 273 g/mol. The molecule has 2 nitrogen and oxygen atoms in total. The fourth-order valence-electron chi connectivity index (χ4n) is 3.25. The normalized spacial score (nSPS) is 17.2. The second-order valence-electron chi connectivity index (χ2n) is 5.94. The van der Waals surface area contributed by atoms with Crippen LogP contribution < -0.4 is 0 Å². The van der Waals surface area contributed by atoms with Gasteiger partial charge >= 0.3 is 0 Å². The van der Waals surface area contributed by atoms with Crippen molar-refractivity contribution in [1.82, 2.24) is 4.90 Å². The summed E-state index contributed by atoms with van der Waals surface area (Å²) < 4.78 is 0. The molecule has 1 saturated carbocycles. The van der Waals surface area contributed by atoms with E-state index in [0.29, 0.717) is 5.41 Å². The minimum absolute atomic E-state index is 0.289. The quantitative estimate of drug-likeness (QED) is 0.596. The van der Waals surface area contributed by atoms with Crippen molar-refractivity contribution < 1.29 is 5.11 Å². The number of nitrogens with zero attached hydrogens (tertiary/aromatic N) is 1. The molecule has 0 aromatic rings. The summed E-state index contributed by atoms with van der Waals surface area (Å²) in [6.45, 7) is 6.80. The van der Waals surface area contributed by atoms with Gasteiger partial charge in [0.25, 0.3) is 0 Å². The van der Waals surface area contributed by atoms with Crippen molar-refractivity contribution in [2.75, 3.05) is 25.4 Å². The topological polar surface area (TPSA) is 23.5 Å². The van der Waals surface area contributed by atoms with E-state index in [1.807, 2.05) is 0 Å². The van der Waals surface area contributed by atoms with Gasteiger partial charge in [0, 0.05) is 19.1 Å². The van der Waals surface area contributed by atoms with Crippen LogP contribution in [-0.4, -0.2) is 41.5 Å². The van der Waals surface area contributed by atoms with E-state index in [1.165, 1.54) is 44.9 Å². The van der Waals surface area contributed by atoms with Crippen molar-refractivity contribution in [1.29, 1.82) is 0 Å². The summed E-state index contributed by atoms with van der Waals surface area (Å²) in [5.74, 6) is 0.976. The largest absolute Gasteiger partial charge is 0.395 e. The van der Waals surface area contributed by atoms with Gasteiger partial charge in [0.05, 0.1) is 6.61 Å². The van der Waals surface area contributed by atoms with Crippen molar-refractivity contribution in [3.63, 3.8) is 0 Å². The Morgan fingerprint density at radius 1 is 1.22 bits per heavy atom. The van der Waals surface area contributed by atoms with Crippen molar-refractivity contribution in [2.24, 2.45) is 5.41 Å². The summed E-state index contributed by atoms with van der Waals surface area (Å²) in [6, 6.07) is 0.727. The van der Waals surface area contributed by atoms with E-state index >= 15 is 0 Å². The zero-order chi connectivity index (χ0) is 13.4. The maximum atomic E-state index is 9.27. The number of hydrogen-bond acceptors (Lipinski definition) is 3. The lowest BCUT2D eigenvalue weighted by Gasteiger charge is -2.44. The van der Waals surface area contributed by atoms with Crippen LogP contribution >= 0.6 is 12.6 Å². The van der Waals surface area contributed by atoms with Gasteiger partial charge in [0.2, 0.25) is 0 Å². The lowest BCUT2D eigenvalue weighted by molar-refractivity contribution is 0.0531. The molecule has 1 fully saturated rings. The van der Waals surface area contributed by atoms with Gasteiger partial charge in [-0.1, -0.05) is 33.1 Å². The highest BCUT2D eigenvalue weighted by Gasteiger charge is 2.33. The molecule has 1 rings (SSSR count). The van der Waals surface area contributed by atoms with E-state index in [4.69, 9.17) is 0 Å². The third-order valence-corrected chi connectivity index (χ3v) is 5.08. The molecule has 3 heteroatoms. The van der Waals surface area contributed by atoms with Gasteiger partial charge in [-0.25, -0.2) is 0 Å². The SMILES string of the molecule is CCCC(CS)(CCC)CN(CCO)C1CCC1. The molecule has 0 spiro atoms. The molecular weight excluding hydrogens is 242 g/mol. The summed E-state index contributed by atoms with van der Waals surface area (Å²) in [6.07, 6.45) is 9.00. The molecule has 0 aromatic carbocycles. The first-order valence-corrected chi connectivity index (χ1v) is 8.30. The van der Waals surface area contributed by atoms with Gasteiger partial charge in [-0.3, -0.25) is 4.90 Å². The molecule has 1 aliphatic carbocycles. The molecule has 0 saturated heterocycles. The summed E-state index contributed by atoms with van der Waals surface area (Å²) in [5, 5.41) is 9.27. The Balaban J connectivity index is 2.64. The molecule has 0 amide bonds. The molecule has 108 valence electrons. The van der Waals surface area contributed by atoms with Gasteiger partial charge in [-0.15, -0.1) is 0 Å². The Labute approximate surface area is 119 Å². The second kappa shape index (κ2) is 8.44. The van der Waals surface area contributed by atoms with E-state index in [-0.39, 0.29) is 6.61 Å². The number of hydrogen-bond donors (Lipinski definition) is 2. The standard InChI is InChI=1S/C15H31NOS/c1-3-8-15(13-18,9-4-2)12-16(10-11-17)14-6-5-7-14/h14,17-18H,3-13H2,1-2H3. The first kappa shape index (κ1) is 16.3. The minimum Gasteiger partial charge on any atom is -0.395 e. The van der Waals surface area contributed by atoms with Crippen LogP contribution in [-0.2, 0) is 0 Å². The number of thiol groups is 1. The Morgan fingerprint density at radius 3 is 2.17 bits per heavy atom. The van der Waals surface area contributed by atoms with E-state index < -0.39 is 0 Å². The number of aliphatic hydroxyl groups is 1. The van der Waals surface area contributed by atoms with Crippen LogP contribution in [0.5, 0.6) is 0 Å². The molecule has 0 aromatic heterocycles. The first-order chi connectivity index (χ1) is 8.71. The predicted octanol–water partition coefficient (Wildman–Crippen LogP) is 3.35.